The molecule has 10 nitrogen and oxygen atoms in total. The van der Waals surface area contributed by atoms with Crippen LogP contribution in [0.4, 0.5) is 35.1 Å². The lowest BCUT2D eigenvalue weighted by Crippen LogP contribution is -2.25. The number of alkyl halides is 6. The zero-order valence-corrected chi connectivity index (χ0v) is 28.0. The fraction of sp³-hybridized carbons (Fsp3) is 0.278. The van der Waals surface area contributed by atoms with E-state index in [1.54, 1.807) is 0 Å². The predicted molar refractivity (Wildman–Crippen MR) is 171 cm³/mol. The van der Waals surface area contributed by atoms with Crippen LogP contribution in [0.1, 0.15) is 57.5 Å². The summed E-state index contributed by atoms with van der Waals surface area (Å²) in [6.07, 6.45) is -8.48. The van der Waals surface area contributed by atoms with Crippen LogP contribution in [0.5, 0.6) is 23.0 Å². The highest BCUT2D eigenvalue weighted by molar-refractivity contribution is 5.95. The molecule has 0 aromatic heterocycles. The van der Waals surface area contributed by atoms with Crippen LogP contribution in [0.15, 0.2) is 73.8 Å². The SMILES string of the molecule is C=CC(=O)OCCCCOc1ccc(OC(=O)c2ccc(OC(=O)c3ccc(OCCCCOC(=O)C=C)c(F)c3F)c(C(F)(F)F)c2C(F)(F)F)cc1. The number of carbonyl (C=O) groups is 4. The van der Waals surface area contributed by atoms with E-state index >= 15 is 0 Å². The summed E-state index contributed by atoms with van der Waals surface area (Å²) in [6.45, 7) is 6.51. The molecule has 18 heteroatoms. The lowest BCUT2D eigenvalue weighted by atomic mass is 9.98. The summed E-state index contributed by atoms with van der Waals surface area (Å²) in [5, 5.41) is 0. The van der Waals surface area contributed by atoms with Gasteiger partial charge in [-0.1, -0.05) is 13.2 Å². The second-order valence-corrected chi connectivity index (χ2v) is 10.7. The van der Waals surface area contributed by atoms with Gasteiger partial charge in [0, 0.05) is 12.2 Å². The van der Waals surface area contributed by atoms with E-state index in [-0.39, 0.29) is 62.9 Å². The molecule has 0 bridgehead atoms. The molecule has 3 aromatic rings. The van der Waals surface area contributed by atoms with Crippen molar-refractivity contribution in [2.45, 2.75) is 38.0 Å². The van der Waals surface area contributed by atoms with Crippen LogP contribution in [0.2, 0.25) is 0 Å². The molecule has 0 heterocycles. The highest BCUT2D eigenvalue weighted by Crippen LogP contribution is 2.47. The van der Waals surface area contributed by atoms with Crippen molar-refractivity contribution < 1.29 is 82.7 Å². The first-order valence-corrected chi connectivity index (χ1v) is 15.7. The number of hydrogen-bond acceptors (Lipinski definition) is 10. The van der Waals surface area contributed by atoms with Crippen LogP contribution in [-0.4, -0.2) is 50.3 Å². The Balaban J connectivity index is 1.76. The van der Waals surface area contributed by atoms with Crippen molar-refractivity contribution in [3.05, 3.63) is 108 Å². The maximum atomic E-state index is 14.8. The predicted octanol–water partition coefficient (Wildman–Crippen LogP) is 8.22. The molecule has 3 aromatic carbocycles. The third kappa shape index (κ3) is 12.1. The van der Waals surface area contributed by atoms with E-state index in [1.165, 1.54) is 12.1 Å². The zero-order valence-electron chi connectivity index (χ0n) is 28.0. The molecule has 0 fully saturated rings. The molecule has 0 aliphatic heterocycles. The topological polar surface area (TPSA) is 124 Å². The monoisotopic (exact) mass is 774 g/mol. The van der Waals surface area contributed by atoms with E-state index in [2.05, 4.69) is 17.9 Å². The first-order chi connectivity index (χ1) is 25.5. The number of benzene rings is 3. The van der Waals surface area contributed by atoms with E-state index in [1.807, 2.05) is 0 Å². The van der Waals surface area contributed by atoms with Gasteiger partial charge in [-0.3, -0.25) is 0 Å². The molecule has 0 radical (unpaired) electrons. The number of carbonyl (C=O) groups excluding carboxylic acids is 4. The van der Waals surface area contributed by atoms with Gasteiger partial charge in [0.25, 0.3) is 0 Å². The molecule has 0 saturated carbocycles. The Labute approximate surface area is 301 Å². The summed E-state index contributed by atoms with van der Waals surface area (Å²) < 4.78 is 144. The van der Waals surface area contributed by atoms with Crippen molar-refractivity contribution in [1.29, 1.82) is 0 Å². The average molecular weight is 775 g/mol. The largest absolute Gasteiger partial charge is 0.494 e. The lowest BCUT2D eigenvalue weighted by Gasteiger charge is -2.21. The number of halogens is 8. The van der Waals surface area contributed by atoms with Gasteiger partial charge in [0.2, 0.25) is 5.82 Å². The van der Waals surface area contributed by atoms with E-state index in [4.69, 9.17) is 23.7 Å². The Morgan fingerprint density at radius 1 is 0.537 bits per heavy atom. The average Bonchev–Trinajstić information content (AvgIpc) is 3.12. The lowest BCUT2D eigenvalue weighted by molar-refractivity contribution is -0.163. The van der Waals surface area contributed by atoms with Gasteiger partial charge < -0.3 is 28.4 Å². The molecule has 0 saturated heterocycles. The van der Waals surface area contributed by atoms with Crippen molar-refractivity contribution in [3.63, 3.8) is 0 Å². The summed E-state index contributed by atoms with van der Waals surface area (Å²) in [6, 6.07) is 6.53. The van der Waals surface area contributed by atoms with Crippen molar-refractivity contribution in [2.75, 3.05) is 26.4 Å². The van der Waals surface area contributed by atoms with Crippen LogP contribution in [0.3, 0.4) is 0 Å². The number of esters is 4. The molecule has 290 valence electrons. The fourth-order valence-electron chi connectivity index (χ4n) is 4.38. The van der Waals surface area contributed by atoms with Gasteiger partial charge in [0.1, 0.15) is 22.8 Å². The van der Waals surface area contributed by atoms with E-state index < -0.39 is 81.6 Å². The minimum absolute atomic E-state index is 0.0280. The fourth-order valence-corrected chi connectivity index (χ4v) is 4.38. The van der Waals surface area contributed by atoms with Crippen LogP contribution in [0, 0.1) is 11.6 Å². The van der Waals surface area contributed by atoms with Crippen LogP contribution < -0.4 is 18.9 Å². The third-order valence-electron chi connectivity index (χ3n) is 6.88. The van der Waals surface area contributed by atoms with Gasteiger partial charge in [0.15, 0.2) is 11.6 Å². The molecular weight excluding hydrogens is 744 g/mol. The quantitative estimate of drug-likeness (QED) is 0.0411. The normalized spacial score (nSPS) is 11.3. The van der Waals surface area contributed by atoms with Crippen molar-refractivity contribution >= 4 is 23.9 Å². The Morgan fingerprint density at radius 2 is 1.00 bits per heavy atom. The first kappa shape index (κ1) is 42.5. The first-order valence-electron chi connectivity index (χ1n) is 15.7. The molecular formula is C36H30F8O10. The van der Waals surface area contributed by atoms with Gasteiger partial charge in [-0.05, 0) is 74.2 Å². The maximum absolute atomic E-state index is 14.8. The minimum atomic E-state index is -5.91. The second kappa shape index (κ2) is 19.2. The Bertz CT molecular complexity index is 1840. The minimum Gasteiger partial charge on any atom is -0.494 e. The van der Waals surface area contributed by atoms with Gasteiger partial charge in [0.05, 0.1) is 43.1 Å². The summed E-state index contributed by atoms with van der Waals surface area (Å²) in [7, 11) is 0. The van der Waals surface area contributed by atoms with Gasteiger partial charge in [-0.25, -0.2) is 23.6 Å². The van der Waals surface area contributed by atoms with Crippen molar-refractivity contribution in [2.24, 2.45) is 0 Å². The summed E-state index contributed by atoms with van der Waals surface area (Å²) in [4.78, 5) is 47.5. The van der Waals surface area contributed by atoms with Crippen molar-refractivity contribution in [1.82, 2.24) is 0 Å². The molecule has 0 spiro atoms. The second-order valence-electron chi connectivity index (χ2n) is 10.7. The number of ether oxygens (including phenoxy) is 6. The number of unbranched alkanes of at least 4 members (excludes halogenated alkanes) is 2. The number of hydrogen-bond donors (Lipinski definition) is 0. The van der Waals surface area contributed by atoms with Crippen molar-refractivity contribution in [3.8, 4) is 23.0 Å². The standard InChI is InChI=1S/C36H30F8O10/c1-3-27(45)51-19-7-5-17-49-21-9-11-22(12-10-21)53-33(47)23-13-15-25(30(36(42,43)44)29(23)35(39,40)41)54-34(48)24-14-16-26(32(38)31(24)37)50-18-6-8-20-52-28(46)4-2/h3-4,9-16H,1-2,5-8,17-20H2. The Hall–Kier alpha value is -5.94. The summed E-state index contributed by atoms with van der Waals surface area (Å²) >= 11 is 0. The molecule has 0 aliphatic carbocycles. The summed E-state index contributed by atoms with van der Waals surface area (Å²) in [5.74, 6) is -11.5. The highest BCUT2D eigenvalue weighted by atomic mass is 19.4. The van der Waals surface area contributed by atoms with Crippen LogP contribution in [-0.2, 0) is 31.4 Å². The molecule has 0 amide bonds. The Kier molecular flexibility index (Phi) is 15.1. The molecule has 3 rings (SSSR count). The van der Waals surface area contributed by atoms with Gasteiger partial charge in [-0.2, -0.15) is 30.7 Å². The highest BCUT2D eigenvalue weighted by Gasteiger charge is 2.49. The smallest absolute Gasteiger partial charge is 0.420 e. The van der Waals surface area contributed by atoms with E-state index in [0.29, 0.717) is 18.9 Å². The summed E-state index contributed by atoms with van der Waals surface area (Å²) in [5.41, 5.74) is -8.08. The molecule has 54 heavy (non-hydrogen) atoms. The van der Waals surface area contributed by atoms with Crippen LogP contribution in [0.25, 0.3) is 0 Å². The molecule has 0 aliphatic rings. The van der Waals surface area contributed by atoms with Crippen LogP contribution >= 0.6 is 0 Å². The Morgan fingerprint density at radius 3 is 1.54 bits per heavy atom. The molecule has 0 unspecified atom stereocenters. The van der Waals surface area contributed by atoms with E-state index in [9.17, 15) is 54.3 Å². The molecule has 0 N–H and O–H groups in total. The molecule has 0 atom stereocenters. The third-order valence-corrected chi connectivity index (χ3v) is 6.88. The zero-order chi connectivity index (χ0) is 40.1. The van der Waals surface area contributed by atoms with Gasteiger partial charge >= 0.3 is 36.2 Å². The van der Waals surface area contributed by atoms with Gasteiger partial charge in [-0.15, -0.1) is 0 Å². The maximum Gasteiger partial charge on any atom is 0.420 e. The number of rotatable bonds is 18. The van der Waals surface area contributed by atoms with E-state index in [0.717, 1.165) is 30.4 Å².